The van der Waals surface area contributed by atoms with E-state index in [-0.39, 0.29) is 29.9 Å². The molecule has 2 aromatic rings. The molecule has 1 aliphatic heterocycles. The second-order valence-corrected chi connectivity index (χ2v) is 8.14. The number of nitrogens with zero attached hydrogens (tertiary/aromatic N) is 1. The fraction of sp³-hybridized carbons (Fsp3) is 0.417. The standard InChI is InChI=1S/C24H30N2O3/c1-17(2)23(25-22(28)16-18-6-4-3-5-7-18)24(29)26-14-12-20(13-15-26)19-8-10-21(27)11-9-19/h3-11,17,20,23,27H,12-16H2,1-2H3,(H,25,28). The van der Waals surface area contributed by atoms with Gasteiger partial charge in [-0.05, 0) is 47.9 Å². The van der Waals surface area contributed by atoms with Gasteiger partial charge in [-0.25, -0.2) is 0 Å². The second kappa shape index (κ2) is 9.59. The third-order valence-electron chi connectivity index (χ3n) is 5.63. The van der Waals surface area contributed by atoms with Gasteiger partial charge in [0.2, 0.25) is 11.8 Å². The summed E-state index contributed by atoms with van der Waals surface area (Å²) in [5, 5.41) is 12.4. The van der Waals surface area contributed by atoms with Crippen LogP contribution in [0.15, 0.2) is 54.6 Å². The van der Waals surface area contributed by atoms with Gasteiger partial charge in [0.25, 0.3) is 0 Å². The fourth-order valence-corrected chi connectivity index (χ4v) is 3.90. The average molecular weight is 395 g/mol. The van der Waals surface area contributed by atoms with Crippen molar-refractivity contribution in [3.8, 4) is 5.75 Å². The summed E-state index contributed by atoms with van der Waals surface area (Å²) in [6.45, 7) is 5.30. The summed E-state index contributed by atoms with van der Waals surface area (Å²) in [7, 11) is 0. The SMILES string of the molecule is CC(C)C(NC(=O)Cc1ccccc1)C(=O)N1CCC(c2ccc(O)cc2)CC1. The van der Waals surface area contributed by atoms with Crippen molar-refractivity contribution in [3.05, 3.63) is 65.7 Å². The number of piperidine rings is 1. The van der Waals surface area contributed by atoms with Crippen LogP contribution in [-0.2, 0) is 16.0 Å². The number of aromatic hydroxyl groups is 1. The number of carbonyl (C=O) groups is 2. The van der Waals surface area contributed by atoms with E-state index in [0.29, 0.717) is 19.0 Å². The molecule has 2 amide bonds. The van der Waals surface area contributed by atoms with Crippen LogP contribution in [0.4, 0.5) is 0 Å². The Kier molecular flexibility index (Phi) is 6.91. The fourth-order valence-electron chi connectivity index (χ4n) is 3.90. The van der Waals surface area contributed by atoms with E-state index in [4.69, 9.17) is 0 Å². The molecule has 1 aliphatic rings. The molecule has 0 saturated carbocycles. The lowest BCUT2D eigenvalue weighted by Crippen LogP contribution is -2.53. The van der Waals surface area contributed by atoms with Crippen molar-refractivity contribution in [1.82, 2.24) is 10.2 Å². The lowest BCUT2D eigenvalue weighted by Gasteiger charge is -2.35. The minimum absolute atomic E-state index is 0.00516. The van der Waals surface area contributed by atoms with Crippen molar-refractivity contribution in [2.45, 2.75) is 45.1 Å². The number of nitrogens with one attached hydrogen (secondary N) is 1. The Morgan fingerprint density at radius 2 is 1.66 bits per heavy atom. The van der Waals surface area contributed by atoms with Crippen LogP contribution in [0.3, 0.4) is 0 Å². The van der Waals surface area contributed by atoms with Crippen LogP contribution in [0.2, 0.25) is 0 Å². The smallest absolute Gasteiger partial charge is 0.245 e. The number of phenols is 1. The Morgan fingerprint density at radius 1 is 1.03 bits per heavy atom. The molecule has 5 heteroatoms. The largest absolute Gasteiger partial charge is 0.508 e. The predicted octanol–water partition coefficient (Wildman–Crippen LogP) is 3.48. The number of amides is 2. The molecule has 1 fully saturated rings. The first-order chi connectivity index (χ1) is 13.9. The molecule has 1 atom stereocenters. The minimum atomic E-state index is -0.503. The van der Waals surface area contributed by atoms with Crippen molar-refractivity contribution < 1.29 is 14.7 Å². The highest BCUT2D eigenvalue weighted by atomic mass is 16.3. The molecule has 1 heterocycles. The number of likely N-dealkylation sites (tertiary alicyclic amines) is 1. The van der Waals surface area contributed by atoms with E-state index in [1.54, 1.807) is 12.1 Å². The van der Waals surface area contributed by atoms with E-state index in [1.807, 2.05) is 61.2 Å². The predicted molar refractivity (Wildman–Crippen MR) is 114 cm³/mol. The molecule has 154 valence electrons. The van der Waals surface area contributed by atoms with Crippen molar-refractivity contribution in [2.75, 3.05) is 13.1 Å². The molecular formula is C24H30N2O3. The molecule has 2 aromatic carbocycles. The van der Waals surface area contributed by atoms with Crippen molar-refractivity contribution >= 4 is 11.8 Å². The lowest BCUT2D eigenvalue weighted by molar-refractivity contribution is -0.138. The van der Waals surface area contributed by atoms with Crippen molar-refractivity contribution in [2.24, 2.45) is 5.92 Å². The summed E-state index contributed by atoms with van der Waals surface area (Å²) in [5.41, 5.74) is 2.14. The first-order valence-electron chi connectivity index (χ1n) is 10.3. The number of phenolic OH excluding ortho intramolecular Hbond substituents is 1. The molecule has 0 radical (unpaired) electrons. The van der Waals surface area contributed by atoms with Gasteiger partial charge in [-0.1, -0.05) is 56.3 Å². The summed E-state index contributed by atoms with van der Waals surface area (Å²) in [6, 6.07) is 16.4. The monoisotopic (exact) mass is 394 g/mol. The van der Waals surface area contributed by atoms with Crippen molar-refractivity contribution in [3.63, 3.8) is 0 Å². The molecule has 29 heavy (non-hydrogen) atoms. The molecule has 0 aliphatic carbocycles. The van der Waals surface area contributed by atoms with Crippen LogP contribution in [-0.4, -0.2) is 41.0 Å². The van der Waals surface area contributed by atoms with Crippen LogP contribution in [0.5, 0.6) is 5.75 Å². The zero-order valence-corrected chi connectivity index (χ0v) is 17.2. The third kappa shape index (κ3) is 5.59. The summed E-state index contributed by atoms with van der Waals surface area (Å²) in [5.74, 6) is 0.571. The zero-order chi connectivity index (χ0) is 20.8. The van der Waals surface area contributed by atoms with Crippen LogP contribution in [0.25, 0.3) is 0 Å². The van der Waals surface area contributed by atoms with Crippen LogP contribution in [0.1, 0.15) is 43.7 Å². The van der Waals surface area contributed by atoms with Gasteiger partial charge in [-0.3, -0.25) is 9.59 Å². The maximum atomic E-state index is 13.1. The van der Waals surface area contributed by atoms with E-state index in [2.05, 4.69) is 5.32 Å². The second-order valence-electron chi connectivity index (χ2n) is 8.14. The summed E-state index contributed by atoms with van der Waals surface area (Å²) < 4.78 is 0. The number of hydrogen-bond donors (Lipinski definition) is 2. The highest BCUT2D eigenvalue weighted by Gasteiger charge is 2.31. The maximum Gasteiger partial charge on any atom is 0.245 e. The normalized spacial score (nSPS) is 15.9. The number of benzene rings is 2. The van der Waals surface area contributed by atoms with Crippen molar-refractivity contribution in [1.29, 1.82) is 0 Å². The zero-order valence-electron chi connectivity index (χ0n) is 17.2. The van der Waals surface area contributed by atoms with E-state index in [1.165, 1.54) is 5.56 Å². The van der Waals surface area contributed by atoms with E-state index >= 15 is 0 Å². The van der Waals surface area contributed by atoms with Gasteiger partial charge < -0.3 is 15.3 Å². The lowest BCUT2D eigenvalue weighted by atomic mass is 9.89. The number of carbonyl (C=O) groups excluding carboxylic acids is 2. The quantitative estimate of drug-likeness (QED) is 0.788. The highest BCUT2D eigenvalue weighted by molar-refractivity contribution is 5.88. The van der Waals surface area contributed by atoms with Crippen LogP contribution < -0.4 is 5.32 Å². The van der Waals surface area contributed by atoms with Gasteiger partial charge in [0.1, 0.15) is 11.8 Å². The Hall–Kier alpha value is -2.82. The Morgan fingerprint density at radius 3 is 2.24 bits per heavy atom. The molecule has 0 bridgehead atoms. The molecule has 0 aromatic heterocycles. The topological polar surface area (TPSA) is 69.6 Å². The van der Waals surface area contributed by atoms with E-state index < -0.39 is 6.04 Å². The molecule has 1 saturated heterocycles. The average Bonchev–Trinajstić information content (AvgIpc) is 2.73. The minimum Gasteiger partial charge on any atom is -0.508 e. The Bertz CT molecular complexity index is 810. The summed E-state index contributed by atoms with van der Waals surface area (Å²) >= 11 is 0. The Labute approximate surface area is 172 Å². The summed E-state index contributed by atoms with van der Waals surface area (Å²) in [6.07, 6.45) is 2.05. The first-order valence-corrected chi connectivity index (χ1v) is 10.3. The molecule has 0 spiro atoms. The van der Waals surface area contributed by atoms with Gasteiger partial charge in [0.05, 0.1) is 6.42 Å². The van der Waals surface area contributed by atoms with Gasteiger partial charge in [0, 0.05) is 13.1 Å². The number of rotatable bonds is 6. The van der Waals surface area contributed by atoms with Gasteiger partial charge in [-0.2, -0.15) is 0 Å². The molecule has 5 nitrogen and oxygen atoms in total. The molecule has 3 rings (SSSR count). The molecular weight excluding hydrogens is 364 g/mol. The maximum absolute atomic E-state index is 13.1. The van der Waals surface area contributed by atoms with Crippen LogP contribution in [0, 0.1) is 5.92 Å². The van der Waals surface area contributed by atoms with E-state index in [0.717, 1.165) is 18.4 Å². The first kappa shape index (κ1) is 20.9. The highest BCUT2D eigenvalue weighted by Crippen LogP contribution is 2.29. The third-order valence-corrected chi connectivity index (χ3v) is 5.63. The number of hydrogen-bond acceptors (Lipinski definition) is 3. The molecule has 1 unspecified atom stereocenters. The van der Waals surface area contributed by atoms with Gasteiger partial charge >= 0.3 is 0 Å². The summed E-state index contributed by atoms with van der Waals surface area (Å²) in [4.78, 5) is 27.4. The van der Waals surface area contributed by atoms with E-state index in [9.17, 15) is 14.7 Å². The van der Waals surface area contributed by atoms with Crippen LogP contribution >= 0.6 is 0 Å². The van der Waals surface area contributed by atoms with Gasteiger partial charge in [-0.15, -0.1) is 0 Å². The molecule has 2 N–H and O–H groups in total. The Balaban J connectivity index is 1.56. The van der Waals surface area contributed by atoms with Gasteiger partial charge in [0.15, 0.2) is 0 Å².